The molecule has 1 aromatic rings. The number of nitrogens with one attached hydrogen (secondary N) is 1. The molecule has 0 aliphatic heterocycles. The fourth-order valence-corrected chi connectivity index (χ4v) is 4.24. The van der Waals surface area contributed by atoms with Crippen molar-refractivity contribution >= 4 is 11.4 Å². The fourth-order valence-electron chi connectivity index (χ4n) is 4.24. The third-order valence-electron chi connectivity index (χ3n) is 5.39. The second-order valence-electron chi connectivity index (χ2n) is 6.79. The Balaban J connectivity index is 1.82. The van der Waals surface area contributed by atoms with Crippen LogP contribution in [-0.2, 0) is 0 Å². The summed E-state index contributed by atoms with van der Waals surface area (Å²) >= 11 is 0. The smallest absolute Gasteiger partial charge is 0.0372 e. The molecule has 0 heterocycles. The molecule has 2 aliphatic carbocycles. The van der Waals surface area contributed by atoms with E-state index in [1.54, 1.807) is 0 Å². The number of hydrogen-bond donors (Lipinski definition) is 1. The van der Waals surface area contributed by atoms with Gasteiger partial charge in [0.15, 0.2) is 0 Å². The van der Waals surface area contributed by atoms with Gasteiger partial charge in [-0.15, -0.1) is 0 Å². The van der Waals surface area contributed by atoms with Gasteiger partial charge in [0, 0.05) is 30.5 Å². The molecule has 0 spiro atoms. The van der Waals surface area contributed by atoms with Crippen LogP contribution in [0.4, 0.5) is 11.4 Å². The highest BCUT2D eigenvalue weighted by Gasteiger charge is 2.28. The van der Waals surface area contributed by atoms with E-state index < -0.39 is 0 Å². The van der Waals surface area contributed by atoms with Crippen molar-refractivity contribution in [3.05, 3.63) is 24.3 Å². The molecule has 0 aromatic heterocycles. The molecule has 0 bridgehead atoms. The van der Waals surface area contributed by atoms with Gasteiger partial charge in [-0.3, -0.25) is 0 Å². The van der Waals surface area contributed by atoms with Gasteiger partial charge < -0.3 is 10.2 Å². The predicted molar refractivity (Wildman–Crippen MR) is 92.2 cm³/mol. The lowest BCUT2D eigenvalue weighted by atomic mass is 9.88. The zero-order valence-corrected chi connectivity index (χ0v) is 13.5. The van der Waals surface area contributed by atoms with Crippen LogP contribution in [0.15, 0.2) is 24.3 Å². The van der Waals surface area contributed by atoms with Crippen molar-refractivity contribution in [2.75, 3.05) is 17.3 Å². The number of benzene rings is 1. The van der Waals surface area contributed by atoms with Crippen LogP contribution in [0, 0.1) is 0 Å². The van der Waals surface area contributed by atoms with Crippen LogP contribution in [-0.4, -0.2) is 19.1 Å². The second kappa shape index (κ2) is 7.20. The molecule has 2 nitrogen and oxygen atoms in total. The van der Waals surface area contributed by atoms with E-state index in [-0.39, 0.29) is 0 Å². The summed E-state index contributed by atoms with van der Waals surface area (Å²) in [6.07, 6.45) is 14.1. The first kappa shape index (κ1) is 14.7. The second-order valence-corrected chi connectivity index (χ2v) is 6.79. The van der Waals surface area contributed by atoms with Gasteiger partial charge in [-0.2, -0.15) is 0 Å². The van der Waals surface area contributed by atoms with Gasteiger partial charge in [0.1, 0.15) is 0 Å². The summed E-state index contributed by atoms with van der Waals surface area (Å²) in [5.74, 6) is 0. The maximum atomic E-state index is 3.23. The van der Waals surface area contributed by atoms with Gasteiger partial charge in [-0.05, 0) is 49.9 Å². The van der Waals surface area contributed by atoms with Crippen LogP contribution in [0.3, 0.4) is 0 Å². The fraction of sp³-hybridized carbons (Fsp3) is 0.684. The summed E-state index contributed by atoms with van der Waals surface area (Å²) in [4.78, 5) is 2.80. The van der Waals surface area contributed by atoms with Gasteiger partial charge in [-0.1, -0.05) is 38.5 Å². The molecule has 0 amide bonds. The van der Waals surface area contributed by atoms with E-state index in [0.717, 1.165) is 12.1 Å². The van der Waals surface area contributed by atoms with Crippen LogP contribution in [0.1, 0.15) is 64.2 Å². The van der Waals surface area contributed by atoms with Crippen LogP contribution in [0.25, 0.3) is 0 Å². The Morgan fingerprint density at radius 1 is 0.762 bits per heavy atom. The van der Waals surface area contributed by atoms with Crippen molar-refractivity contribution in [1.82, 2.24) is 0 Å². The molecule has 1 aromatic carbocycles. The Morgan fingerprint density at radius 2 is 1.24 bits per heavy atom. The molecule has 0 saturated heterocycles. The molecule has 2 fully saturated rings. The van der Waals surface area contributed by atoms with Gasteiger partial charge in [0.25, 0.3) is 0 Å². The maximum absolute atomic E-state index is 3.23. The average Bonchev–Trinajstić information content (AvgIpc) is 2.58. The van der Waals surface area contributed by atoms with Crippen LogP contribution < -0.4 is 10.2 Å². The van der Waals surface area contributed by atoms with Crippen LogP contribution >= 0.6 is 0 Å². The molecule has 116 valence electrons. The summed E-state index contributed by atoms with van der Waals surface area (Å²) in [6, 6.07) is 10.7. The topological polar surface area (TPSA) is 15.3 Å². The SMILES string of the molecule is CNc1ccc(N(C2CCCCC2)C2CCCCC2)cc1. The van der Waals surface area contributed by atoms with Gasteiger partial charge in [0.05, 0.1) is 0 Å². The van der Waals surface area contributed by atoms with Gasteiger partial charge in [0.2, 0.25) is 0 Å². The zero-order chi connectivity index (χ0) is 14.5. The number of hydrogen-bond acceptors (Lipinski definition) is 2. The molecule has 2 heteroatoms. The summed E-state index contributed by atoms with van der Waals surface area (Å²) < 4.78 is 0. The van der Waals surface area contributed by atoms with Crippen LogP contribution in [0.2, 0.25) is 0 Å². The summed E-state index contributed by atoms with van der Waals surface area (Å²) in [5, 5.41) is 3.23. The molecule has 1 N–H and O–H groups in total. The highest BCUT2D eigenvalue weighted by molar-refractivity contribution is 5.56. The molecule has 2 saturated carbocycles. The predicted octanol–water partition coefficient (Wildman–Crippen LogP) is 5.20. The third kappa shape index (κ3) is 3.53. The summed E-state index contributed by atoms with van der Waals surface area (Å²) in [7, 11) is 2.00. The zero-order valence-electron chi connectivity index (χ0n) is 13.5. The summed E-state index contributed by atoms with van der Waals surface area (Å²) in [5.41, 5.74) is 2.67. The van der Waals surface area contributed by atoms with Crippen molar-refractivity contribution in [3.8, 4) is 0 Å². The molecule has 0 radical (unpaired) electrons. The Labute approximate surface area is 129 Å². The minimum Gasteiger partial charge on any atom is -0.388 e. The number of nitrogens with zero attached hydrogens (tertiary/aromatic N) is 1. The van der Waals surface area contributed by atoms with E-state index in [4.69, 9.17) is 0 Å². The van der Waals surface area contributed by atoms with Crippen molar-refractivity contribution in [3.63, 3.8) is 0 Å². The molecular formula is C19H30N2. The van der Waals surface area contributed by atoms with E-state index in [2.05, 4.69) is 34.5 Å². The van der Waals surface area contributed by atoms with Gasteiger partial charge in [-0.25, -0.2) is 0 Å². The van der Waals surface area contributed by atoms with Crippen molar-refractivity contribution in [2.24, 2.45) is 0 Å². The lowest BCUT2D eigenvalue weighted by Crippen LogP contribution is -2.45. The quantitative estimate of drug-likeness (QED) is 0.818. The molecule has 3 rings (SSSR count). The van der Waals surface area contributed by atoms with Crippen molar-refractivity contribution in [2.45, 2.75) is 76.3 Å². The highest BCUT2D eigenvalue weighted by atomic mass is 15.2. The van der Waals surface area contributed by atoms with E-state index in [0.29, 0.717) is 0 Å². The molecule has 0 unspecified atom stereocenters. The molecule has 2 aliphatic rings. The van der Waals surface area contributed by atoms with Crippen LogP contribution in [0.5, 0.6) is 0 Å². The largest absolute Gasteiger partial charge is 0.388 e. The van der Waals surface area contributed by atoms with Gasteiger partial charge >= 0.3 is 0 Å². The first-order valence-corrected chi connectivity index (χ1v) is 8.94. The first-order valence-electron chi connectivity index (χ1n) is 8.94. The van der Waals surface area contributed by atoms with E-state index in [1.807, 2.05) is 7.05 Å². The molecular weight excluding hydrogens is 256 g/mol. The number of anilines is 2. The first-order chi connectivity index (χ1) is 10.4. The van der Waals surface area contributed by atoms with Crippen molar-refractivity contribution < 1.29 is 0 Å². The average molecular weight is 286 g/mol. The van der Waals surface area contributed by atoms with Crippen molar-refractivity contribution in [1.29, 1.82) is 0 Å². The number of rotatable bonds is 4. The third-order valence-corrected chi connectivity index (χ3v) is 5.39. The Kier molecular flexibility index (Phi) is 5.05. The minimum absolute atomic E-state index is 0.780. The lowest BCUT2D eigenvalue weighted by molar-refractivity contribution is 0.340. The Morgan fingerprint density at radius 3 is 1.67 bits per heavy atom. The highest BCUT2D eigenvalue weighted by Crippen LogP contribution is 2.34. The lowest BCUT2D eigenvalue weighted by Gasteiger charge is -2.43. The molecule has 0 atom stereocenters. The standard InChI is InChI=1S/C19H30N2/c1-20-16-12-14-19(15-13-16)21(17-8-4-2-5-9-17)18-10-6-3-7-11-18/h12-15,17-18,20H,2-11H2,1H3. The monoisotopic (exact) mass is 286 g/mol. The normalized spacial score (nSPS) is 21.2. The maximum Gasteiger partial charge on any atom is 0.0372 e. The van der Waals surface area contributed by atoms with E-state index in [1.165, 1.54) is 75.6 Å². The Bertz CT molecular complexity index is 396. The molecule has 21 heavy (non-hydrogen) atoms. The summed E-state index contributed by atoms with van der Waals surface area (Å²) in [6.45, 7) is 0. The minimum atomic E-state index is 0.780. The van der Waals surface area contributed by atoms with E-state index in [9.17, 15) is 0 Å². The van der Waals surface area contributed by atoms with E-state index >= 15 is 0 Å². The Hall–Kier alpha value is -1.18.